The van der Waals surface area contributed by atoms with E-state index in [0.717, 1.165) is 14.5 Å². The molecule has 3 aliphatic rings. The molecule has 63 heavy (non-hydrogen) atoms. The number of unbranched alkanes of at least 4 members (excludes halogenated alkanes) is 3. The molecule has 5 heterocycles. The lowest BCUT2D eigenvalue weighted by atomic mass is 9.89. The molecule has 2 fully saturated rings. The molecule has 5 rings (SSSR count). The average molecular weight is 939 g/mol. The normalized spacial score (nSPS) is 26.3. The molecule has 1 spiro atoms. The average Bonchev–Trinajstić information content (AvgIpc) is 3.79. The fourth-order valence-corrected chi connectivity index (χ4v) is 11.2. The van der Waals surface area contributed by atoms with Gasteiger partial charge in [0.25, 0.3) is 21.2 Å². The summed E-state index contributed by atoms with van der Waals surface area (Å²) in [6.45, 7) is 23.1. The van der Waals surface area contributed by atoms with Crippen LogP contribution in [0.25, 0.3) is 10.4 Å². The first-order valence-corrected chi connectivity index (χ1v) is 28.7. The highest BCUT2D eigenvalue weighted by Gasteiger charge is 2.67. The first kappa shape index (κ1) is 50.4. The zero-order valence-electron chi connectivity index (χ0n) is 38.6. The summed E-state index contributed by atoms with van der Waals surface area (Å²) in [6, 6.07) is -0.679. The molecule has 2 aromatic rings. The first-order chi connectivity index (χ1) is 29.0. The van der Waals surface area contributed by atoms with Crippen LogP contribution in [0.15, 0.2) is 47.8 Å². The highest BCUT2D eigenvalue weighted by Crippen LogP contribution is 2.52. The van der Waals surface area contributed by atoms with Crippen molar-refractivity contribution in [3.63, 3.8) is 0 Å². The van der Waals surface area contributed by atoms with E-state index in [9.17, 15) is 32.7 Å². The number of hydrogen-bond donors (Lipinski definition) is 2. The smallest absolute Gasteiger partial charge is 0.333 e. The Balaban J connectivity index is 1.40. The molecule has 0 bridgehead atoms. The Morgan fingerprint density at radius 1 is 0.889 bits per heavy atom. The highest BCUT2D eigenvalue weighted by molar-refractivity contribution is 7.90. The summed E-state index contributed by atoms with van der Waals surface area (Å²) < 4.78 is 63.3. The number of ether oxygens (including phenoxy) is 2. The van der Waals surface area contributed by atoms with Gasteiger partial charge in [0.05, 0.1) is 36.5 Å². The number of nitrogens with two attached hydrogens (primary N) is 1. The third kappa shape index (κ3) is 9.97. The molecular weight excluding hydrogens is 873 g/mol. The number of aliphatic hydroxyl groups is 1. The third-order valence-corrected chi connectivity index (χ3v) is 23.5. The van der Waals surface area contributed by atoms with Crippen LogP contribution in [0.1, 0.15) is 97.2 Å². The van der Waals surface area contributed by atoms with Gasteiger partial charge < -0.3 is 29.2 Å². The van der Waals surface area contributed by atoms with Crippen molar-refractivity contribution in [2.24, 2.45) is 10.8 Å². The Hall–Kier alpha value is -3.65. The monoisotopic (exact) mass is 938 g/mol. The van der Waals surface area contributed by atoms with E-state index in [1.54, 1.807) is 13.8 Å². The Morgan fingerprint density at radius 3 is 1.89 bits per heavy atom. The first-order valence-electron chi connectivity index (χ1n) is 21.4. The molecule has 2 saturated heterocycles. The topological polar surface area (TPSA) is 263 Å². The van der Waals surface area contributed by atoms with Crippen molar-refractivity contribution in [2.75, 3.05) is 13.2 Å². The van der Waals surface area contributed by atoms with E-state index in [0.29, 0.717) is 31.2 Å². The summed E-state index contributed by atoms with van der Waals surface area (Å²) >= 11 is 0. The van der Waals surface area contributed by atoms with Gasteiger partial charge in [-0.05, 0) is 68.5 Å². The SMILES string of the molecule is Cc1cn([C@@H]2O[C@H](CO[Si](C)(C)C(C)(C)C)C3(OS(=O)(=O)C=C3N)[C@H]2O[Si](C)(C)C(C)(C)C)c(=O)n(CCCCCCn2c(=O)c(C)cn([C@H]3C[C@H](N=[N+]=[N-])[C@@H](CO)O3)c2=O)c1=O. The van der Waals surface area contributed by atoms with Crippen LogP contribution in [-0.4, -0.2) is 91.6 Å². The maximum Gasteiger partial charge on any atom is 0.333 e. The second-order valence-corrected chi connectivity index (χ2v) is 30.9. The van der Waals surface area contributed by atoms with E-state index in [1.165, 1.54) is 21.5 Å². The van der Waals surface area contributed by atoms with Gasteiger partial charge in [0, 0.05) is 47.9 Å². The Labute approximate surface area is 370 Å². The van der Waals surface area contributed by atoms with Crippen molar-refractivity contribution >= 4 is 26.8 Å². The van der Waals surface area contributed by atoms with E-state index in [4.69, 9.17) is 33.8 Å². The van der Waals surface area contributed by atoms with Crippen LogP contribution in [0.3, 0.4) is 0 Å². The fraction of sp³-hybridized carbons (Fsp3) is 0.750. The Bertz CT molecular complexity index is 2480. The summed E-state index contributed by atoms with van der Waals surface area (Å²) in [5, 5.41) is 13.6. The lowest BCUT2D eigenvalue weighted by molar-refractivity contribution is -0.0567. The lowest BCUT2D eigenvalue weighted by Crippen LogP contribution is -2.59. The number of rotatable bonds is 16. The van der Waals surface area contributed by atoms with Crippen LogP contribution >= 0.6 is 0 Å². The van der Waals surface area contributed by atoms with Gasteiger partial charge in [0.15, 0.2) is 28.5 Å². The van der Waals surface area contributed by atoms with Gasteiger partial charge >= 0.3 is 11.4 Å². The minimum Gasteiger partial charge on any atom is -0.414 e. The molecule has 352 valence electrons. The van der Waals surface area contributed by atoms with Crippen molar-refractivity contribution in [1.82, 2.24) is 18.3 Å². The van der Waals surface area contributed by atoms with Crippen molar-refractivity contribution in [3.05, 3.63) is 86.7 Å². The number of aliphatic hydroxyl groups excluding tert-OH is 1. The quantitative estimate of drug-likeness (QED) is 0.0592. The minimum absolute atomic E-state index is 0.0321. The standard InChI is InChI=1S/C40H66N8O12SSi2/c1-25-20-47(31-19-27(43-44-42)28(22-49)57-31)36(52)45(33(25)50)17-15-13-14-16-18-46-34(51)26(2)21-48(37(46)53)35-32(59-63(11,12)39(6,7)8)40(29(41)24-61(54,55)60-40)30(58-35)23-56-62(9,10)38(3,4)5/h20-21,24,27-28,30-32,35,49H,13-19,22-23,41H2,1-12H3/t27-,28+,30+,31+,32-,35+,40?/m0/s1. The molecule has 23 heteroatoms. The maximum atomic E-state index is 14.5. The molecule has 0 aromatic carbocycles. The van der Waals surface area contributed by atoms with Gasteiger partial charge in [-0.3, -0.25) is 27.9 Å². The molecule has 0 amide bonds. The number of hydrogen-bond acceptors (Lipinski definition) is 14. The van der Waals surface area contributed by atoms with Gasteiger partial charge in [0.2, 0.25) is 0 Å². The molecular formula is C40H66N8O12SSi2. The molecule has 0 radical (unpaired) electrons. The molecule has 1 unspecified atom stereocenters. The van der Waals surface area contributed by atoms with Crippen LogP contribution in [0.2, 0.25) is 36.3 Å². The van der Waals surface area contributed by atoms with Crippen molar-refractivity contribution in [3.8, 4) is 0 Å². The molecule has 3 N–H and O–H groups in total. The van der Waals surface area contributed by atoms with Gasteiger partial charge in [-0.25, -0.2) is 13.8 Å². The summed E-state index contributed by atoms with van der Waals surface area (Å²) in [5.41, 5.74) is 11.8. The molecule has 20 nitrogen and oxygen atoms in total. The Kier molecular flexibility index (Phi) is 14.6. The summed E-state index contributed by atoms with van der Waals surface area (Å²) in [7, 11) is -9.57. The summed E-state index contributed by atoms with van der Waals surface area (Å²) in [4.78, 5) is 57.5. The Morgan fingerprint density at radius 2 is 1.41 bits per heavy atom. The van der Waals surface area contributed by atoms with Crippen LogP contribution in [0.5, 0.6) is 0 Å². The largest absolute Gasteiger partial charge is 0.414 e. The van der Waals surface area contributed by atoms with Gasteiger partial charge in [-0.1, -0.05) is 59.5 Å². The van der Waals surface area contributed by atoms with E-state index < -0.39 is 98.3 Å². The predicted octanol–water partition coefficient (Wildman–Crippen LogP) is 4.38. The maximum absolute atomic E-state index is 14.5. The zero-order valence-corrected chi connectivity index (χ0v) is 41.4. The van der Waals surface area contributed by atoms with Gasteiger partial charge in [-0.15, -0.1) is 0 Å². The second-order valence-electron chi connectivity index (χ2n) is 20.0. The zero-order chi connectivity index (χ0) is 47.2. The summed E-state index contributed by atoms with van der Waals surface area (Å²) in [6.07, 6.45) is -0.435. The lowest BCUT2D eigenvalue weighted by Gasteiger charge is -2.43. The highest BCUT2D eigenvalue weighted by atomic mass is 32.2. The number of azide groups is 1. The summed E-state index contributed by atoms with van der Waals surface area (Å²) in [5.74, 6) is 0. The van der Waals surface area contributed by atoms with Gasteiger partial charge in [0.1, 0.15) is 18.4 Å². The van der Waals surface area contributed by atoms with Crippen LogP contribution < -0.4 is 28.2 Å². The van der Waals surface area contributed by atoms with Crippen LogP contribution in [0, 0.1) is 13.8 Å². The molecule has 3 aliphatic heterocycles. The van der Waals surface area contributed by atoms with Crippen molar-refractivity contribution < 1.29 is 36.0 Å². The van der Waals surface area contributed by atoms with E-state index in [1.807, 2.05) is 33.9 Å². The van der Waals surface area contributed by atoms with Crippen molar-refractivity contribution in [1.29, 1.82) is 0 Å². The van der Waals surface area contributed by atoms with E-state index >= 15 is 0 Å². The second kappa shape index (κ2) is 18.3. The molecule has 0 saturated carbocycles. The number of nitrogens with zero attached hydrogens (tertiary/aromatic N) is 7. The van der Waals surface area contributed by atoms with E-state index in [2.05, 4.69) is 43.9 Å². The number of aryl methyl sites for hydroxylation is 2. The number of aromatic nitrogens is 4. The van der Waals surface area contributed by atoms with Crippen molar-refractivity contribution in [2.45, 2.75) is 179 Å². The molecule has 7 atom stereocenters. The van der Waals surface area contributed by atoms with Gasteiger partial charge in [-0.2, -0.15) is 8.42 Å². The minimum atomic E-state index is -4.31. The fourth-order valence-electron chi connectivity index (χ4n) is 7.64. The predicted molar refractivity (Wildman–Crippen MR) is 241 cm³/mol. The van der Waals surface area contributed by atoms with Crippen LogP contribution in [0.4, 0.5) is 0 Å². The van der Waals surface area contributed by atoms with Crippen LogP contribution in [-0.2, 0) is 45.7 Å². The molecule has 2 aromatic heterocycles. The van der Waals surface area contributed by atoms with E-state index in [-0.39, 0.29) is 47.5 Å². The third-order valence-electron chi connectivity index (χ3n) is 13.5. The molecule has 0 aliphatic carbocycles.